The molecule has 1 heterocycles. The van der Waals surface area contributed by atoms with Crippen LogP contribution in [0.25, 0.3) is 0 Å². The summed E-state index contributed by atoms with van der Waals surface area (Å²) in [6.07, 6.45) is 1.84. The fraction of sp³-hybridized carbons (Fsp3) is 0.357. The molecule has 2 aromatic rings. The number of rotatable bonds is 4. The van der Waals surface area contributed by atoms with Crippen LogP contribution in [0.4, 0.5) is 0 Å². The minimum Gasteiger partial charge on any atom is -0.496 e. The van der Waals surface area contributed by atoms with Gasteiger partial charge < -0.3 is 4.74 Å². The zero-order valence-electron chi connectivity index (χ0n) is 11.8. The predicted molar refractivity (Wildman–Crippen MR) is 74.8 cm³/mol. The molecule has 2 rings (SSSR count). The Morgan fingerprint density at radius 1 is 1.32 bits per heavy atom. The number of nitrogens with one attached hydrogen (secondary N) is 1. The average Bonchev–Trinajstić information content (AvgIpc) is 2.72. The zero-order chi connectivity index (χ0) is 14.0. The van der Waals surface area contributed by atoms with Crippen LogP contribution in [-0.2, 0) is 7.05 Å². The number of ether oxygens (including phenoxy) is 1. The molecule has 0 bridgehead atoms. The van der Waals surface area contributed by atoms with E-state index in [1.54, 1.807) is 7.11 Å². The van der Waals surface area contributed by atoms with Crippen molar-refractivity contribution in [1.29, 1.82) is 0 Å². The van der Waals surface area contributed by atoms with Gasteiger partial charge >= 0.3 is 0 Å². The van der Waals surface area contributed by atoms with Gasteiger partial charge in [0.2, 0.25) is 0 Å². The normalized spacial score (nSPS) is 12.5. The summed E-state index contributed by atoms with van der Waals surface area (Å²) < 4.78 is 7.13. The second kappa shape index (κ2) is 5.42. The Morgan fingerprint density at radius 3 is 2.53 bits per heavy atom. The summed E-state index contributed by atoms with van der Waals surface area (Å²) in [7, 11) is 3.59. The van der Waals surface area contributed by atoms with Gasteiger partial charge in [-0.15, -0.1) is 0 Å². The molecule has 5 heteroatoms. The molecule has 1 aromatic heterocycles. The van der Waals surface area contributed by atoms with Crippen molar-refractivity contribution in [3.63, 3.8) is 0 Å². The Balaban J connectivity index is 2.46. The number of methoxy groups -OCH3 is 1. The second-order valence-electron chi connectivity index (χ2n) is 4.67. The van der Waals surface area contributed by atoms with E-state index in [1.165, 1.54) is 0 Å². The maximum atomic E-state index is 5.73. The van der Waals surface area contributed by atoms with Crippen LogP contribution in [0.15, 0.2) is 24.4 Å². The molecule has 0 aliphatic rings. The van der Waals surface area contributed by atoms with Crippen molar-refractivity contribution in [2.45, 2.75) is 19.9 Å². The summed E-state index contributed by atoms with van der Waals surface area (Å²) in [5, 5.41) is 4.26. The highest BCUT2D eigenvalue weighted by Gasteiger charge is 2.19. The summed E-state index contributed by atoms with van der Waals surface area (Å²) >= 11 is 0. The molecule has 0 aliphatic carbocycles. The van der Waals surface area contributed by atoms with Gasteiger partial charge in [0.15, 0.2) is 0 Å². The third-order valence-corrected chi connectivity index (χ3v) is 3.37. The van der Waals surface area contributed by atoms with E-state index in [4.69, 9.17) is 10.6 Å². The van der Waals surface area contributed by atoms with Gasteiger partial charge in [-0.3, -0.25) is 10.5 Å². The lowest BCUT2D eigenvalue weighted by Crippen LogP contribution is -2.31. The Hall–Kier alpha value is -1.85. The van der Waals surface area contributed by atoms with E-state index in [-0.39, 0.29) is 6.04 Å². The third-order valence-electron chi connectivity index (χ3n) is 3.37. The van der Waals surface area contributed by atoms with Gasteiger partial charge in [-0.2, -0.15) is 5.10 Å². The van der Waals surface area contributed by atoms with Crippen LogP contribution in [0.2, 0.25) is 0 Å². The first-order valence-corrected chi connectivity index (χ1v) is 6.17. The van der Waals surface area contributed by atoms with Crippen LogP contribution in [0.1, 0.15) is 28.4 Å². The van der Waals surface area contributed by atoms with E-state index in [9.17, 15) is 0 Å². The lowest BCUT2D eigenvalue weighted by molar-refractivity contribution is 0.411. The molecule has 1 atom stereocenters. The first-order chi connectivity index (χ1) is 9.08. The molecule has 0 radical (unpaired) electrons. The Morgan fingerprint density at radius 2 is 2.05 bits per heavy atom. The third kappa shape index (κ3) is 2.47. The number of nitrogens with zero attached hydrogens (tertiary/aromatic N) is 2. The minimum absolute atomic E-state index is 0.0860. The van der Waals surface area contributed by atoms with Crippen molar-refractivity contribution in [3.05, 3.63) is 46.8 Å². The summed E-state index contributed by atoms with van der Waals surface area (Å²) in [5.41, 5.74) is 7.21. The summed E-state index contributed by atoms with van der Waals surface area (Å²) in [4.78, 5) is 0. The minimum atomic E-state index is -0.0860. The zero-order valence-corrected chi connectivity index (χ0v) is 11.8. The van der Waals surface area contributed by atoms with Crippen LogP contribution >= 0.6 is 0 Å². The smallest absolute Gasteiger partial charge is 0.121 e. The Kier molecular flexibility index (Phi) is 3.87. The number of aryl methyl sites for hydroxylation is 3. The van der Waals surface area contributed by atoms with E-state index >= 15 is 0 Å². The van der Waals surface area contributed by atoms with Gasteiger partial charge in [-0.25, -0.2) is 5.43 Å². The van der Waals surface area contributed by atoms with Crippen molar-refractivity contribution in [2.24, 2.45) is 12.9 Å². The molecular weight excluding hydrogens is 240 g/mol. The van der Waals surface area contributed by atoms with Gasteiger partial charge in [0.05, 0.1) is 25.0 Å². The maximum absolute atomic E-state index is 5.73. The Bertz CT molecular complexity index is 557. The molecule has 5 nitrogen and oxygen atoms in total. The molecular formula is C14H20N4O. The fourth-order valence-corrected chi connectivity index (χ4v) is 2.39. The van der Waals surface area contributed by atoms with Crippen LogP contribution in [-0.4, -0.2) is 16.9 Å². The fourth-order valence-electron chi connectivity index (χ4n) is 2.39. The second-order valence-corrected chi connectivity index (χ2v) is 4.67. The molecule has 0 saturated heterocycles. The number of aromatic nitrogens is 2. The molecule has 0 saturated carbocycles. The van der Waals surface area contributed by atoms with E-state index in [0.717, 1.165) is 28.1 Å². The van der Waals surface area contributed by atoms with Gasteiger partial charge in [0.25, 0.3) is 0 Å². The van der Waals surface area contributed by atoms with E-state index < -0.39 is 0 Å². The van der Waals surface area contributed by atoms with Gasteiger partial charge in [0, 0.05) is 7.05 Å². The Labute approximate surface area is 113 Å². The molecule has 0 amide bonds. The number of hydrogen-bond donors (Lipinski definition) is 2. The molecule has 0 fully saturated rings. The molecule has 19 heavy (non-hydrogen) atoms. The van der Waals surface area contributed by atoms with Gasteiger partial charge in [-0.05, 0) is 36.6 Å². The van der Waals surface area contributed by atoms with Crippen LogP contribution < -0.4 is 16.0 Å². The predicted octanol–water partition coefficient (Wildman–Crippen LogP) is 1.60. The van der Waals surface area contributed by atoms with Gasteiger partial charge in [0.1, 0.15) is 5.75 Å². The van der Waals surface area contributed by atoms with E-state index in [1.807, 2.05) is 43.9 Å². The first kappa shape index (κ1) is 13.6. The highest BCUT2D eigenvalue weighted by atomic mass is 16.5. The quantitative estimate of drug-likeness (QED) is 0.647. The summed E-state index contributed by atoms with van der Waals surface area (Å²) in [5.74, 6) is 6.61. The molecule has 0 spiro atoms. The largest absolute Gasteiger partial charge is 0.496 e. The number of nitrogens with two attached hydrogens (primary N) is 1. The van der Waals surface area contributed by atoms with Crippen LogP contribution in [0.3, 0.4) is 0 Å². The van der Waals surface area contributed by atoms with Crippen molar-refractivity contribution in [3.8, 4) is 5.75 Å². The van der Waals surface area contributed by atoms with Crippen LogP contribution in [0, 0.1) is 13.8 Å². The molecule has 1 aromatic carbocycles. The van der Waals surface area contributed by atoms with Crippen molar-refractivity contribution >= 4 is 0 Å². The summed E-state index contributed by atoms with van der Waals surface area (Å²) in [6, 6.07) is 5.97. The highest BCUT2D eigenvalue weighted by molar-refractivity contribution is 5.40. The molecule has 102 valence electrons. The number of hydrazine groups is 1. The standard InChI is InChI=1S/C14H20N4O/c1-9-7-11(5-6-12(9)19-4)13(17-15)14-10(2)8-16-18(14)3/h5-8,13,17H,15H2,1-4H3. The molecule has 3 N–H and O–H groups in total. The SMILES string of the molecule is COc1ccc(C(NN)c2c(C)cnn2C)cc1C. The van der Waals surface area contributed by atoms with Crippen molar-refractivity contribution < 1.29 is 4.74 Å². The maximum Gasteiger partial charge on any atom is 0.121 e. The molecule has 1 unspecified atom stereocenters. The number of benzene rings is 1. The first-order valence-electron chi connectivity index (χ1n) is 6.17. The number of hydrogen-bond acceptors (Lipinski definition) is 4. The molecule has 0 aliphatic heterocycles. The average molecular weight is 260 g/mol. The van der Waals surface area contributed by atoms with Crippen molar-refractivity contribution in [1.82, 2.24) is 15.2 Å². The topological polar surface area (TPSA) is 65.1 Å². The lowest BCUT2D eigenvalue weighted by Gasteiger charge is -2.19. The summed E-state index contributed by atoms with van der Waals surface area (Å²) in [6.45, 7) is 4.05. The van der Waals surface area contributed by atoms with Gasteiger partial charge in [-0.1, -0.05) is 12.1 Å². The van der Waals surface area contributed by atoms with E-state index in [0.29, 0.717) is 0 Å². The van der Waals surface area contributed by atoms with E-state index in [2.05, 4.69) is 16.6 Å². The van der Waals surface area contributed by atoms with Crippen LogP contribution in [0.5, 0.6) is 5.75 Å². The lowest BCUT2D eigenvalue weighted by atomic mass is 9.99. The van der Waals surface area contributed by atoms with Crippen molar-refractivity contribution in [2.75, 3.05) is 7.11 Å². The highest BCUT2D eigenvalue weighted by Crippen LogP contribution is 2.27. The monoisotopic (exact) mass is 260 g/mol.